The molecule has 3 heteroatoms. The van der Waals surface area contributed by atoms with Crippen LogP contribution in [0.3, 0.4) is 0 Å². The molecule has 15 heavy (non-hydrogen) atoms. The molecule has 0 fully saturated rings. The topological polar surface area (TPSA) is 41.1 Å². The number of carbonyl (C=O) groups excluding carboxylic acids is 1. The smallest absolute Gasteiger partial charge is 0.222 e. The van der Waals surface area contributed by atoms with Gasteiger partial charge in [0.15, 0.2) is 0 Å². The molecule has 0 spiro atoms. The standard InChI is InChI=1S/C12H22N2O/c1-5-8-14-12(15)7-9-13-11(6-2)10(3)4/h1,10-11,13H,6-9H2,2-4H3,(H,14,15). The Balaban J connectivity index is 3.60. The van der Waals surface area contributed by atoms with Crippen LogP contribution < -0.4 is 10.6 Å². The zero-order valence-electron chi connectivity index (χ0n) is 9.97. The minimum Gasteiger partial charge on any atom is -0.345 e. The van der Waals surface area contributed by atoms with Gasteiger partial charge in [-0.25, -0.2) is 0 Å². The van der Waals surface area contributed by atoms with Gasteiger partial charge in [-0.2, -0.15) is 0 Å². The molecule has 86 valence electrons. The first kappa shape index (κ1) is 14.0. The number of nitrogens with one attached hydrogen (secondary N) is 2. The summed E-state index contributed by atoms with van der Waals surface area (Å²) in [7, 11) is 0. The first-order chi connectivity index (χ1) is 7.11. The molecule has 0 heterocycles. The van der Waals surface area contributed by atoms with E-state index < -0.39 is 0 Å². The summed E-state index contributed by atoms with van der Waals surface area (Å²) >= 11 is 0. The normalized spacial score (nSPS) is 12.2. The van der Waals surface area contributed by atoms with E-state index in [4.69, 9.17) is 6.42 Å². The van der Waals surface area contributed by atoms with Crippen molar-refractivity contribution >= 4 is 5.91 Å². The maximum Gasteiger partial charge on any atom is 0.222 e. The predicted molar refractivity (Wildman–Crippen MR) is 63.4 cm³/mol. The van der Waals surface area contributed by atoms with E-state index in [0.29, 0.717) is 31.5 Å². The zero-order chi connectivity index (χ0) is 11.7. The van der Waals surface area contributed by atoms with Gasteiger partial charge in [0.1, 0.15) is 0 Å². The predicted octanol–water partition coefficient (Wildman–Crippen LogP) is 1.15. The molecule has 1 atom stereocenters. The Bertz CT molecular complexity index is 218. The van der Waals surface area contributed by atoms with Crippen LogP contribution in [0.15, 0.2) is 0 Å². The summed E-state index contributed by atoms with van der Waals surface area (Å²) in [5, 5.41) is 6.00. The number of rotatable bonds is 7. The molecule has 0 aliphatic rings. The van der Waals surface area contributed by atoms with E-state index in [2.05, 4.69) is 37.3 Å². The molecule has 0 aliphatic carbocycles. The first-order valence-corrected chi connectivity index (χ1v) is 5.55. The number of amides is 1. The van der Waals surface area contributed by atoms with Crippen LogP contribution in [0.2, 0.25) is 0 Å². The fraction of sp³-hybridized carbons (Fsp3) is 0.750. The van der Waals surface area contributed by atoms with Crippen LogP contribution in [-0.2, 0) is 4.79 Å². The summed E-state index contributed by atoms with van der Waals surface area (Å²) in [4.78, 5) is 11.2. The lowest BCUT2D eigenvalue weighted by Gasteiger charge is -2.20. The number of hydrogen-bond donors (Lipinski definition) is 2. The van der Waals surface area contributed by atoms with Crippen LogP contribution in [0.4, 0.5) is 0 Å². The van der Waals surface area contributed by atoms with Gasteiger partial charge in [-0.05, 0) is 12.3 Å². The average molecular weight is 210 g/mol. The average Bonchev–Trinajstić information content (AvgIpc) is 2.20. The molecule has 1 amide bonds. The fourth-order valence-corrected chi connectivity index (χ4v) is 1.46. The highest BCUT2D eigenvalue weighted by Crippen LogP contribution is 2.04. The van der Waals surface area contributed by atoms with Crippen LogP contribution in [0, 0.1) is 18.3 Å². The van der Waals surface area contributed by atoms with Crippen molar-refractivity contribution in [2.45, 2.75) is 39.7 Å². The van der Waals surface area contributed by atoms with E-state index >= 15 is 0 Å². The Morgan fingerprint density at radius 1 is 1.47 bits per heavy atom. The lowest BCUT2D eigenvalue weighted by molar-refractivity contribution is -0.120. The molecule has 0 saturated carbocycles. The minimum absolute atomic E-state index is 0.0130. The van der Waals surface area contributed by atoms with Gasteiger partial charge in [-0.1, -0.05) is 26.7 Å². The van der Waals surface area contributed by atoms with E-state index in [0.717, 1.165) is 6.42 Å². The highest BCUT2D eigenvalue weighted by atomic mass is 16.1. The highest BCUT2D eigenvalue weighted by Gasteiger charge is 2.10. The fourth-order valence-electron chi connectivity index (χ4n) is 1.46. The van der Waals surface area contributed by atoms with Crippen LogP contribution >= 0.6 is 0 Å². The maximum absolute atomic E-state index is 11.2. The van der Waals surface area contributed by atoms with Crippen molar-refractivity contribution < 1.29 is 4.79 Å². The summed E-state index contributed by atoms with van der Waals surface area (Å²) in [5.41, 5.74) is 0. The van der Waals surface area contributed by atoms with Gasteiger partial charge < -0.3 is 10.6 Å². The summed E-state index contributed by atoms with van der Waals surface area (Å²) in [6, 6.07) is 0.491. The van der Waals surface area contributed by atoms with Gasteiger partial charge in [0.25, 0.3) is 0 Å². The Hall–Kier alpha value is -1.01. The molecular formula is C12H22N2O. The van der Waals surface area contributed by atoms with Gasteiger partial charge in [0, 0.05) is 19.0 Å². The van der Waals surface area contributed by atoms with Crippen molar-refractivity contribution in [3.05, 3.63) is 0 Å². The number of hydrogen-bond acceptors (Lipinski definition) is 2. The second-order valence-electron chi connectivity index (χ2n) is 3.94. The lowest BCUT2D eigenvalue weighted by Crippen LogP contribution is -2.36. The van der Waals surface area contributed by atoms with Crippen LogP contribution in [0.25, 0.3) is 0 Å². The van der Waals surface area contributed by atoms with Crippen LogP contribution in [0.1, 0.15) is 33.6 Å². The molecular weight excluding hydrogens is 188 g/mol. The quantitative estimate of drug-likeness (QED) is 0.619. The van der Waals surface area contributed by atoms with Gasteiger partial charge in [-0.3, -0.25) is 4.79 Å². The molecule has 1 unspecified atom stereocenters. The van der Waals surface area contributed by atoms with Crippen LogP contribution in [0.5, 0.6) is 0 Å². The monoisotopic (exact) mass is 210 g/mol. The Morgan fingerprint density at radius 2 is 2.13 bits per heavy atom. The van der Waals surface area contributed by atoms with E-state index in [-0.39, 0.29) is 5.91 Å². The minimum atomic E-state index is 0.0130. The molecule has 3 nitrogen and oxygen atoms in total. The Kier molecular flexibility index (Phi) is 7.75. The summed E-state index contributed by atoms with van der Waals surface area (Å²) < 4.78 is 0. The molecule has 0 aromatic carbocycles. The first-order valence-electron chi connectivity index (χ1n) is 5.55. The largest absolute Gasteiger partial charge is 0.345 e. The SMILES string of the molecule is C#CCNC(=O)CCNC(CC)C(C)C. The summed E-state index contributed by atoms with van der Waals surface area (Å²) in [6.45, 7) is 7.54. The van der Waals surface area contributed by atoms with Gasteiger partial charge in [0.2, 0.25) is 5.91 Å². The summed E-state index contributed by atoms with van der Waals surface area (Å²) in [6.07, 6.45) is 6.61. The molecule has 0 bridgehead atoms. The lowest BCUT2D eigenvalue weighted by atomic mass is 10.0. The van der Waals surface area contributed by atoms with E-state index in [1.54, 1.807) is 0 Å². The maximum atomic E-state index is 11.2. The zero-order valence-corrected chi connectivity index (χ0v) is 9.97. The third-order valence-corrected chi connectivity index (χ3v) is 2.39. The molecule has 0 saturated heterocycles. The second-order valence-corrected chi connectivity index (χ2v) is 3.94. The number of terminal acetylenes is 1. The van der Waals surface area contributed by atoms with Crippen LogP contribution in [-0.4, -0.2) is 25.0 Å². The Labute approximate surface area is 93.0 Å². The van der Waals surface area contributed by atoms with Gasteiger partial charge in [-0.15, -0.1) is 6.42 Å². The molecule has 0 radical (unpaired) electrons. The molecule has 2 N–H and O–H groups in total. The third kappa shape index (κ3) is 6.98. The summed E-state index contributed by atoms with van der Waals surface area (Å²) in [5.74, 6) is 2.99. The second kappa shape index (κ2) is 8.31. The third-order valence-electron chi connectivity index (χ3n) is 2.39. The molecule has 0 aromatic rings. The molecule has 0 rings (SSSR count). The molecule has 0 aliphatic heterocycles. The van der Waals surface area contributed by atoms with Gasteiger partial charge >= 0.3 is 0 Å². The van der Waals surface area contributed by atoms with Crippen molar-refractivity contribution in [1.29, 1.82) is 0 Å². The van der Waals surface area contributed by atoms with Crippen molar-refractivity contribution in [2.75, 3.05) is 13.1 Å². The highest BCUT2D eigenvalue weighted by molar-refractivity contribution is 5.76. The van der Waals surface area contributed by atoms with Crippen molar-refractivity contribution in [2.24, 2.45) is 5.92 Å². The number of carbonyl (C=O) groups is 1. The van der Waals surface area contributed by atoms with Crippen molar-refractivity contribution in [3.63, 3.8) is 0 Å². The van der Waals surface area contributed by atoms with Crippen molar-refractivity contribution in [3.8, 4) is 12.3 Å². The van der Waals surface area contributed by atoms with E-state index in [1.165, 1.54) is 0 Å². The Morgan fingerprint density at radius 3 is 2.60 bits per heavy atom. The van der Waals surface area contributed by atoms with Gasteiger partial charge in [0.05, 0.1) is 6.54 Å². The van der Waals surface area contributed by atoms with E-state index in [1.807, 2.05) is 0 Å². The van der Waals surface area contributed by atoms with Crippen molar-refractivity contribution in [1.82, 2.24) is 10.6 Å². The molecule has 0 aromatic heterocycles. The van der Waals surface area contributed by atoms with E-state index in [9.17, 15) is 4.79 Å².